The number of amides is 2. The molecule has 3 aromatic rings. The van der Waals surface area contributed by atoms with E-state index in [1.165, 1.54) is 22.5 Å². The monoisotopic (exact) mass is 445 g/mol. The Balaban J connectivity index is 1.61. The smallest absolute Gasteiger partial charge is 0.263 e. The number of benzene rings is 2. The van der Waals surface area contributed by atoms with Crippen molar-refractivity contribution in [1.82, 2.24) is 10.6 Å². The number of hydrogen-bond donors (Lipinski definition) is 2. The minimum atomic E-state index is -0.487. The third-order valence-electron chi connectivity index (χ3n) is 5.70. The maximum absolute atomic E-state index is 12.2. The number of carbonyl (C=O) groups excluding carboxylic acids is 2. The van der Waals surface area contributed by atoms with Crippen LogP contribution >= 0.6 is 23.6 Å². The van der Waals surface area contributed by atoms with Crippen molar-refractivity contribution in [3.63, 3.8) is 0 Å². The van der Waals surface area contributed by atoms with Crippen molar-refractivity contribution in [2.75, 3.05) is 4.90 Å². The van der Waals surface area contributed by atoms with E-state index in [9.17, 15) is 9.59 Å². The van der Waals surface area contributed by atoms with Gasteiger partial charge in [-0.25, -0.2) is 0 Å². The lowest BCUT2D eigenvalue weighted by atomic mass is 9.74. The van der Waals surface area contributed by atoms with E-state index >= 15 is 0 Å². The van der Waals surface area contributed by atoms with Crippen LogP contribution in [0.1, 0.15) is 29.9 Å². The number of rotatable bonds is 2. The molecule has 5 nitrogen and oxygen atoms in total. The molecular formula is C24H19N3O2S2. The third kappa shape index (κ3) is 3.17. The summed E-state index contributed by atoms with van der Waals surface area (Å²) in [5, 5.41) is 5.98. The Morgan fingerprint density at radius 1 is 0.871 bits per heavy atom. The molecular weight excluding hydrogens is 426 g/mol. The van der Waals surface area contributed by atoms with Gasteiger partial charge in [-0.1, -0.05) is 50.2 Å². The van der Waals surface area contributed by atoms with Gasteiger partial charge in [-0.05, 0) is 53.7 Å². The fourth-order valence-electron chi connectivity index (χ4n) is 4.20. The molecule has 3 heterocycles. The third-order valence-corrected chi connectivity index (χ3v) is 6.92. The Morgan fingerprint density at radius 2 is 1.42 bits per heavy atom. The molecule has 2 aromatic carbocycles. The van der Waals surface area contributed by atoms with Gasteiger partial charge in [-0.15, -0.1) is 11.3 Å². The summed E-state index contributed by atoms with van der Waals surface area (Å²) >= 11 is 6.39. The maximum atomic E-state index is 12.2. The highest BCUT2D eigenvalue weighted by molar-refractivity contribution is 7.80. The lowest BCUT2D eigenvalue weighted by Gasteiger charge is -2.41. The van der Waals surface area contributed by atoms with Gasteiger partial charge < -0.3 is 4.90 Å². The number of thiophene rings is 1. The highest BCUT2D eigenvalue weighted by atomic mass is 32.1. The van der Waals surface area contributed by atoms with E-state index in [1.807, 2.05) is 24.3 Å². The summed E-state index contributed by atoms with van der Waals surface area (Å²) in [4.78, 5) is 27.4. The molecule has 7 heteroatoms. The second kappa shape index (κ2) is 7.14. The van der Waals surface area contributed by atoms with E-state index in [2.05, 4.69) is 65.8 Å². The number of thiocarbonyl (C=S) groups is 1. The highest BCUT2D eigenvalue weighted by Gasteiger charge is 2.36. The lowest BCUT2D eigenvalue weighted by Crippen LogP contribution is -2.51. The number of nitrogens with one attached hydrogen (secondary N) is 2. The van der Waals surface area contributed by atoms with Crippen molar-refractivity contribution in [1.29, 1.82) is 0 Å². The maximum Gasteiger partial charge on any atom is 0.263 e. The number of carbonyl (C=O) groups is 2. The van der Waals surface area contributed by atoms with Crippen molar-refractivity contribution >= 4 is 62.9 Å². The topological polar surface area (TPSA) is 61.4 Å². The van der Waals surface area contributed by atoms with Gasteiger partial charge in [0.1, 0.15) is 10.6 Å². The first-order valence-electron chi connectivity index (χ1n) is 9.83. The number of nitrogens with zero attached hydrogens (tertiary/aromatic N) is 1. The molecule has 2 aliphatic rings. The summed E-state index contributed by atoms with van der Waals surface area (Å²) in [6, 6.07) is 20.8. The van der Waals surface area contributed by atoms with Crippen molar-refractivity contribution in [3.05, 3.63) is 82.2 Å². The summed E-state index contributed by atoms with van der Waals surface area (Å²) in [6.45, 7) is 4.49. The van der Waals surface area contributed by atoms with Crippen LogP contribution < -0.4 is 15.5 Å². The Labute approximate surface area is 189 Å². The predicted molar refractivity (Wildman–Crippen MR) is 128 cm³/mol. The van der Waals surface area contributed by atoms with E-state index in [-0.39, 0.29) is 16.1 Å². The van der Waals surface area contributed by atoms with Crippen LogP contribution in [-0.4, -0.2) is 16.9 Å². The Morgan fingerprint density at radius 3 is 2.00 bits per heavy atom. The lowest BCUT2D eigenvalue weighted by molar-refractivity contribution is -0.123. The normalized spacial score (nSPS) is 16.9. The number of anilines is 3. The van der Waals surface area contributed by atoms with Gasteiger partial charge in [0.2, 0.25) is 0 Å². The molecule has 31 heavy (non-hydrogen) atoms. The summed E-state index contributed by atoms with van der Waals surface area (Å²) in [7, 11) is 0. The second-order valence-electron chi connectivity index (χ2n) is 7.97. The summed E-state index contributed by atoms with van der Waals surface area (Å²) < 4.78 is 0. The van der Waals surface area contributed by atoms with Crippen LogP contribution in [0.25, 0.3) is 6.08 Å². The van der Waals surface area contributed by atoms with Crippen molar-refractivity contribution < 1.29 is 9.59 Å². The molecule has 0 aliphatic carbocycles. The minimum absolute atomic E-state index is 0.0307. The second-order valence-corrected chi connectivity index (χ2v) is 9.47. The Hall–Kier alpha value is -3.29. The van der Waals surface area contributed by atoms with Gasteiger partial charge in [0, 0.05) is 10.3 Å². The minimum Gasteiger partial charge on any atom is -0.301 e. The molecule has 1 aromatic heterocycles. The van der Waals surface area contributed by atoms with Crippen molar-refractivity contribution in [3.8, 4) is 0 Å². The summed E-state index contributed by atoms with van der Waals surface area (Å²) in [5.74, 6) is -0.974. The zero-order valence-corrected chi connectivity index (χ0v) is 18.6. The average molecular weight is 446 g/mol. The number of para-hydroxylation sites is 2. The molecule has 0 radical (unpaired) electrons. The molecule has 5 rings (SSSR count). The zero-order valence-electron chi connectivity index (χ0n) is 16.9. The molecule has 0 saturated carbocycles. The highest BCUT2D eigenvalue weighted by Crippen LogP contribution is 2.52. The van der Waals surface area contributed by atoms with E-state index in [0.717, 1.165) is 21.3 Å². The van der Waals surface area contributed by atoms with Crippen LogP contribution in [-0.2, 0) is 15.0 Å². The summed E-state index contributed by atoms with van der Waals surface area (Å²) in [5.41, 5.74) is 4.69. The first-order valence-corrected chi connectivity index (χ1v) is 11.1. The zero-order chi connectivity index (χ0) is 21.8. The van der Waals surface area contributed by atoms with Gasteiger partial charge in [-0.2, -0.15) is 0 Å². The van der Waals surface area contributed by atoms with Crippen LogP contribution in [0.5, 0.6) is 0 Å². The van der Waals surface area contributed by atoms with E-state index in [1.54, 1.807) is 6.08 Å². The molecule has 2 N–H and O–H groups in total. The first kappa shape index (κ1) is 19.7. The molecule has 1 saturated heterocycles. The molecule has 0 spiro atoms. The number of hydrogen-bond acceptors (Lipinski definition) is 5. The fourth-order valence-corrected chi connectivity index (χ4v) is 5.36. The Bertz CT molecular complexity index is 1220. The molecule has 154 valence electrons. The first-order chi connectivity index (χ1) is 14.9. The van der Waals surface area contributed by atoms with Crippen LogP contribution in [0.2, 0.25) is 0 Å². The molecule has 1 fully saturated rings. The molecule has 2 amide bonds. The van der Waals surface area contributed by atoms with E-state index in [0.29, 0.717) is 0 Å². The average Bonchev–Trinajstić information content (AvgIpc) is 3.19. The van der Waals surface area contributed by atoms with Crippen LogP contribution in [0, 0.1) is 0 Å². The standard InChI is InChI=1S/C24H19N3O2S2/c1-24(2)16-7-3-5-9-18(16)27(19-10-6-4-8-17(19)24)20-12-11-14(31-20)13-15-21(28)25-23(30)26-22(15)29/h3-13H,1-2H3,(H2,25,26,28,29,30). The fraction of sp³-hybridized carbons (Fsp3) is 0.125. The largest absolute Gasteiger partial charge is 0.301 e. The van der Waals surface area contributed by atoms with Crippen molar-refractivity contribution in [2.45, 2.75) is 19.3 Å². The van der Waals surface area contributed by atoms with Gasteiger partial charge >= 0.3 is 0 Å². The predicted octanol–water partition coefficient (Wildman–Crippen LogP) is 4.77. The van der Waals surface area contributed by atoms with Gasteiger partial charge in [0.15, 0.2) is 5.11 Å². The molecule has 2 aliphatic heterocycles. The van der Waals surface area contributed by atoms with Gasteiger partial charge in [0.25, 0.3) is 11.8 Å². The molecule has 0 unspecified atom stereocenters. The summed E-state index contributed by atoms with van der Waals surface area (Å²) in [6.07, 6.45) is 1.60. The van der Waals surface area contributed by atoms with Crippen molar-refractivity contribution in [2.24, 2.45) is 0 Å². The Kier molecular flexibility index (Phi) is 4.53. The van der Waals surface area contributed by atoms with Crippen LogP contribution in [0.15, 0.2) is 66.2 Å². The molecule has 0 atom stereocenters. The van der Waals surface area contributed by atoms with E-state index < -0.39 is 11.8 Å². The van der Waals surface area contributed by atoms with E-state index in [4.69, 9.17) is 12.2 Å². The quantitative estimate of drug-likeness (QED) is 0.339. The van der Waals surface area contributed by atoms with Gasteiger partial charge in [0.05, 0.1) is 11.4 Å². The molecule has 0 bridgehead atoms. The number of fused-ring (bicyclic) bond motifs is 2. The van der Waals surface area contributed by atoms with Crippen LogP contribution in [0.4, 0.5) is 16.4 Å². The van der Waals surface area contributed by atoms with Crippen LogP contribution in [0.3, 0.4) is 0 Å². The SMILES string of the molecule is CC1(C)c2ccccc2N(c2ccc(C=C3C(=O)NC(=S)NC3=O)s2)c2ccccc21. The van der Waals surface area contributed by atoms with Gasteiger partial charge in [-0.3, -0.25) is 20.2 Å².